The van der Waals surface area contributed by atoms with Crippen molar-refractivity contribution >= 4 is 34.0 Å². The SMILES string of the molecule is COc1cc2ncnc(Nc3cccc(Cl)c3F)c2cc1O[C@H]1CC[C@H](N2CCC2)CC1. The Labute approximate surface area is 191 Å². The van der Waals surface area contributed by atoms with Crippen LogP contribution in [0.15, 0.2) is 36.7 Å². The Bertz CT molecular complexity index is 1120. The minimum absolute atomic E-state index is 0.0490. The lowest BCUT2D eigenvalue weighted by Crippen LogP contribution is -2.47. The Morgan fingerprint density at radius 3 is 2.62 bits per heavy atom. The molecule has 2 aliphatic rings. The number of anilines is 2. The smallest absolute Gasteiger partial charge is 0.165 e. The van der Waals surface area contributed by atoms with E-state index in [0.717, 1.165) is 31.1 Å². The van der Waals surface area contributed by atoms with Gasteiger partial charge in [-0.1, -0.05) is 17.7 Å². The molecule has 2 heterocycles. The van der Waals surface area contributed by atoms with Crippen LogP contribution in [0.3, 0.4) is 0 Å². The first kappa shape index (κ1) is 21.2. The first-order valence-corrected chi connectivity index (χ1v) is 11.4. The second-order valence-electron chi connectivity index (χ2n) is 8.41. The highest BCUT2D eigenvalue weighted by Crippen LogP contribution is 2.38. The van der Waals surface area contributed by atoms with Gasteiger partial charge in [0.25, 0.3) is 0 Å². The number of benzene rings is 2. The lowest BCUT2D eigenvalue weighted by atomic mass is 9.90. The first-order chi connectivity index (χ1) is 15.6. The molecule has 2 aromatic carbocycles. The van der Waals surface area contributed by atoms with Gasteiger partial charge in [0.2, 0.25) is 0 Å². The van der Waals surface area contributed by atoms with Gasteiger partial charge in [-0.3, -0.25) is 0 Å². The number of hydrogen-bond acceptors (Lipinski definition) is 6. The van der Waals surface area contributed by atoms with Gasteiger partial charge in [0.1, 0.15) is 12.1 Å². The van der Waals surface area contributed by atoms with Crippen LogP contribution < -0.4 is 14.8 Å². The third-order valence-electron chi connectivity index (χ3n) is 6.47. The Morgan fingerprint density at radius 2 is 1.91 bits per heavy atom. The van der Waals surface area contributed by atoms with Crippen molar-refractivity contribution in [1.82, 2.24) is 14.9 Å². The van der Waals surface area contributed by atoms with Gasteiger partial charge in [-0.25, -0.2) is 14.4 Å². The van der Waals surface area contributed by atoms with Gasteiger partial charge in [0.15, 0.2) is 17.3 Å². The van der Waals surface area contributed by atoms with Gasteiger partial charge >= 0.3 is 0 Å². The topological polar surface area (TPSA) is 59.5 Å². The number of rotatable bonds is 6. The molecule has 1 aromatic heterocycles. The minimum atomic E-state index is -0.523. The molecule has 0 unspecified atom stereocenters. The van der Waals surface area contributed by atoms with E-state index in [1.807, 2.05) is 12.1 Å². The summed E-state index contributed by atoms with van der Waals surface area (Å²) in [6.07, 6.45) is 7.26. The first-order valence-electron chi connectivity index (χ1n) is 11.1. The van der Waals surface area contributed by atoms with Crippen LogP contribution in [0.1, 0.15) is 32.1 Å². The summed E-state index contributed by atoms with van der Waals surface area (Å²) in [6.45, 7) is 2.47. The molecule has 0 radical (unpaired) electrons. The molecule has 1 aliphatic heterocycles. The number of ether oxygens (including phenoxy) is 2. The summed E-state index contributed by atoms with van der Waals surface area (Å²) < 4.78 is 26.4. The second-order valence-corrected chi connectivity index (χ2v) is 8.81. The zero-order valence-corrected chi connectivity index (χ0v) is 18.7. The van der Waals surface area contributed by atoms with Crippen molar-refractivity contribution in [2.24, 2.45) is 0 Å². The van der Waals surface area contributed by atoms with Crippen LogP contribution in [0.25, 0.3) is 10.9 Å². The summed E-state index contributed by atoms with van der Waals surface area (Å²) in [4.78, 5) is 11.3. The zero-order valence-electron chi connectivity index (χ0n) is 18.0. The normalized spacial score (nSPS) is 21.2. The molecule has 5 rings (SSSR count). The maximum absolute atomic E-state index is 14.4. The molecule has 0 amide bonds. The van der Waals surface area contributed by atoms with Crippen LogP contribution in [0.2, 0.25) is 5.02 Å². The van der Waals surface area contributed by atoms with E-state index < -0.39 is 5.82 Å². The molecule has 1 saturated carbocycles. The lowest BCUT2D eigenvalue weighted by molar-refractivity contribution is 0.0528. The fourth-order valence-corrected chi connectivity index (χ4v) is 4.73. The van der Waals surface area contributed by atoms with Crippen molar-refractivity contribution in [3.05, 3.63) is 47.5 Å². The van der Waals surface area contributed by atoms with Crippen molar-refractivity contribution < 1.29 is 13.9 Å². The molecular formula is C24H26ClFN4O2. The van der Waals surface area contributed by atoms with Crippen molar-refractivity contribution in [1.29, 1.82) is 0 Å². The summed E-state index contributed by atoms with van der Waals surface area (Å²) in [7, 11) is 1.62. The average molecular weight is 457 g/mol. The van der Waals surface area contributed by atoms with Crippen LogP contribution in [-0.4, -0.2) is 47.2 Å². The summed E-state index contributed by atoms with van der Waals surface area (Å²) in [5.41, 5.74) is 0.927. The monoisotopic (exact) mass is 456 g/mol. The highest BCUT2D eigenvalue weighted by Gasteiger charge is 2.30. The van der Waals surface area contributed by atoms with E-state index in [2.05, 4.69) is 20.2 Å². The van der Waals surface area contributed by atoms with Crippen LogP contribution in [0.5, 0.6) is 11.5 Å². The summed E-state index contributed by atoms with van der Waals surface area (Å²) >= 11 is 5.93. The van der Waals surface area contributed by atoms with Crippen molar-refractivity contribution in [3.63, 3.8) is 0 Å². The van der Waals surface area contributed by atoms with E-state index in [4.69, 9.17) is 21.1 Å². The van der Waals surface area contributed by atoms with Crippen LogP contribution in [-0.2, 0) is 0 Å². The number of halogens is 2. The molecule has 1 saturated heterocycles. The number of methoxy groups -OCH3 is 1. The molecular weight excluding hydrogens is 431 g/mol. The third-order valence-corrected chi connectivity index (χ3v) is 6.76. The number of nitrogens with zero attached hydrogens (tertiary/aromatic N) is 3. The average Bonchev–Trinajstić information content (AvgIpc) is 2.77. The highest BCUT2D eigenvalue weighted by molar-refractivity contribution is 6.31. The molecule has 0 spiro atoms. The Morgan fingerprint density at radius 1 is 1.09 bits per heavy atom. The van der Waals surface area contributed by atoms with Crippen LogP contribution in [0, 0.1) is 5.82 Å². The molecule has 0 bridgehead atoms. The predicted octanol–water partition coefficient (Wildman–Crippen LogP) is 5.57. The molecule has 2 fully saturated rings. The molecule has 1 aliphatic carbocycles. The number of nitrogens with one attached hydrogen (secondary N) is 1. The number of aromatic nitrogens is 2. The van der Waals surface area contributed by atoms with E-state index >= 15 is 0 Å². The largest absolute Gasteiger partial charge is 0.493 e. The maximum atomic E-state index is 14.4. The summed E-state index contributed by atoms with van der Waals surface area (Å²) in [6, 6.07) is 9.21. The van der Waals surface area contributed by atoms with Crippen molar-refractivity contribution in [3.8, 4) is 11.5 Å². The molecule has 8 heteroatoms. The molecule has 0 atom stereocenters. The van der Waals surface area contributed by atoms with Crippen LogP contribution >= 0.6 is 11.6 Å². The molecule has 32 heavy (non-hydrogen) atoms. The van der Waals surface area contributed by atoms with Gasteiger partial charge in [0.05, 0.1) is 29.4 Å². The third kappa shape index (κ3) is 4.19. The minimum Gasteiger partial charge on any atom is -0.493 e. The van der Waals surface area contributed by atoms with E-state index in [-0.39, 0.29) is 16.8 Å². The Balaban J connectivity index is 1.40. The maximum Gasteiger partial charge on any atom is 0.165 e. The van der Waals surface area contributed by atoms with Gasteiger partial charge < -0.3 is 19.7 Å². The second kappa shape index (κ2) is 9.08. The van der Waals surface area contributed by atoms with Crippen molar-refractivity contribution in [2.75, 3.05) is 25.5 Å². The zero-order chi connectivity index (χ0) is 22.1. The number of fused-ring (bicyclic) bond motifs is 1. The van der Waals surface area contributed by atoms with Gasteiger partial charge in [-0.2, -0.15) is 0 Å². The summed E-state index contributed by atoms with van der Waals surface area (Å²) in [5.74, 6) is 1.23. The summed E-state index contributed by atoms with van der Waals surface area (Å²) in [5, 5.41) is 3.81. The molecule has 3 aromatic rings. The van der Waals surface area contributed by atoms with E-state index in [1.165, 1.54) is 31.9 Å². The fourth-order valence-electron chi connectivity index (χ4n) is 4.56. The van der Waals surface area contributed by atoms with Gasteiger partial charge in [-0.05, 0) is 63.4 Å². The molecule has 168 valence electrons. The fraction of sp³-hybridized carbons (Fsp3) is 0.417. The van der Waals surface area contributed by atoms with Gasteiger partial charge in [0, 0.05) is 17.5 Å². The lowest BCUT2D eigenvalue weighted by Gasteiger charge is -2.41. The van der Waals surface area contributed by atoms with Crippen molar-refractivity contribution in [2.45, 2.75) is 44.2 Å². The van der Waals surface area contributed by atoms with Gasteiger partial charge in [-0.15, -0.1) is 0 Å². The van der Waals surface area contributed by atoms with E-state index in [9.17, 15) is 4.39 Å². The highest BCUT2D eigenvalue weighted by atomic mass is 35.5. The molecule has 1 N–H and O–H groups in total. The number of hydrogen-bond donors (Lipinski definition) is 1. The molecule has 6 nitrogen and oxygen atoms in total. The number of likely N-dealkylation sites (tertiary alicyclic amines) is 1. The van der Waals surface area contributed by atoms with E-state index in [1.54, 1.807) is 19.2 Å². The standard InChI is InChI=1S/C24H26ClFN4O2/c1-31-21-13-20-17(24(28-14-27-20)29-19-5-2-4-18(25)23(19)26)12-22(21)32-16-8-6-15(7-9-16)30-10-3-11-30/h2,4-5,12-16H,3,6-11H2,1H3,(H,27,28,29)/t15-,16-. The van der Waals surface area contributed by atoms with E-state index in [0.29, 0.717) is 28.9 Å². The quantitative estimate of drug-likeness (QED) is 0.523. The Kier molecular flexibility index (Phi) is 6.02. The van der Waals surface area contributed by atoms with Crippen LogP contribution in [0.4, 0.5) is 15.9 Å². The Hall–Kier alpha value is -2.64. The predicted molar refractivity (Wildman–Crippen MR) is 124 cm³/mol.